The van der Waals surface area contributed by atoms with Gasteiger partial charge in [0.2, 0.25) is 0 Å². The SMILES string of the molecule is Cc1cnccc1C(=O)Nc1ccc(-c2cc(C3=COCN3)ccc2C)cc1. The molecule has 0 spiro atoms. The van der Waals surface area contributed by atoms with Crippen molar-refractivity contribution in [3.05, 3.63) is 89.4 Å². The summed E-state index contributed by atoms with van der Waals surface area (Å²) < 4.78 is 5.27. The summed E-state index contributed by atoms with van der Waals surface area (Å²) in [5, 5.41) is 6.15. The molecule has 0 radical (unpaired) electrons. The van der Waals surface area contributed by atoms with Crippen molar-refractivity contribution in [3.63, 3.8) is 0 Å². The zero-order valence-electron chi connectivity index (χ0n) is 15.8. The monoisotopic (exact) mass is 371 g/mol. The summed E-state index contributed by atoms with van der Waals surface area (Å²) >= 11 is 0. The topological polar surface area (TPSA) is 63.2 Å². The summed E-state index contributed by atoms with van der Waals surface area (Å²) in [5.74, 6) is -0.134. The van der Waals surface area contributed by atoms with Crippen molar-refractivity contribution in [2.45, 2.75) is 13.8 Å². The smallest absolute Gasteiger partial charge is 0.256 e. The van der Waals surface area contributed by atoms with Crippen molar-refractivity contribution in [2.75, 3.05) is 12.0 Å². The molecule has 2 N–H and O–H groups in total. The van der Waals surface area contributed by atoms with Gasteiger partial charge in [0, 0.05) is 29.2 Å². The molecule has 0 saturated heterocycles. The Kier molecular flexibility index (Phi) is 4.81. The van der Waals surface area contributed by atoms with Crippen molar-refractivity contribution >= 4 is 17.3 Å². The molecule has 2 aromatic carbocycles. The number of anilines is 1. The molecule has 5 nitrogen and oxygen atoms in total. The predicted molar refractivity (Wildman–Crippen MR) is 111 cm³/mol. The van der Waals surface area contributed by atoms with Crippen LogP contribution >= 0.6 is 0 Å². The molecule has 0 fully saturated rings. The molecule has 0 aliphatic carbocycles. The number of hydrogen-bond acceptors (Lipinski definition) is 4. The third kappa shape index (κ3) is 3.60. The molecule has 0 saturated carbocycles. The number of benzene rings is 2. The third-order valence-electron chi connectivity index (χ3n) is 4.81. The van der Waals surface area contributed by atoms with Gasteiger partial charge in [0.15, 0.2) is 6.73 Å². The first-order valence-corrected chi connectivity index (χ1v) is 9.11. The molecule has 4 rings (SSSR count). The van der Waals surface area contributed by atoms with Gasteiger partial charge in [-0.2, -0.15) is 0 Å². The second-order valence-electron chi connectivity index (χ2n) is 6.77. The quantitative estimate of drug-likeness (QED) is 0.709. The van der Waals surface area contributed by atoms with Crippen LogP contribution in [0.15, 0.2) is 67.2 Å². The summed E-state index contributed by atoms with van der Waals surface area (Å²) in [5.41, 5.74) is 7.73. The summed E-state index contributed by atoms with van der Waals surface area (Å²) in [7, 11) is 0. The van der Waals surface area contributed by atoms with Gasteiger partial charge in [-0.1, -0.05) is 24.3 Å². The van der Waals surface area contributed by atoms with E-state index < -0.39 is 0 Å². The Labute approximate surface area is 164 Å². The van der Waals surface area contributed by atoms with Gasteiger partial charge in [-0.15, -0.1) is 0 Å². The Bertz CT molecular complexity index is 1060. The highest BCUT2D eigenvalue weighted by atomic mass is 16.5. The first-order chi connectivity index (χ1) is 13.6. The second-order valence-corrected chi connectivity index (χ2v) is 6.77. The fourth-order valence-corrected chi connectivity index (χ4v) is 3.22. The van der Waals surface area contributed by atoms with E-state index in [4.69, 9.17) is 4.74 Å². The Hall–Kier alpha value is -3.60. The molecule has 1 aliphatic heterocycles. The van der Waals surface area contributed by atoms with Gasteiger partial charge in [-0.25, -0.2) is 0 Å². The van der Waals surface area contributed by atoms with Crippen LogP contribution in [-0.2, 0) is 4.74 Å². The molecule has 1 amide bonds. The fourth-order valence-electron chi connectivity index (χ4n) is 3.22. The maximum atomic E-state index is 12.5. The Morgan fingerprint density at radius 3 is 2.54 bits per heavy atom. The van der Waals surface area contributed by atoms with Gasteiger partial charge in [-0.3, -0.25) is 9.78 Å². The van der Waals surface area contributed by atoms with Crippen LogP contribution in [0.2, 0.25) is 0 Å². The molecule has 2 heterocycles. The van der Waals surface area contributed by atoms with Crippen molar-refractivity contribution in [1.29, 1.82) is 0 Å². The molecule has 140 valence electrons. The van der Waals surface area contributed by atoms with Gasteiger partial charge in [0.1, 0.15) is 6.26 Å². The maximum Gasteiger partial charge on any atom is 0.256 e. The normalized spacial score (nSPS) is 12.7. The van der Waals surface area contributed by atoms with Crippen LogP contribution in [0.4, 0.5) is 5.69 Å². The molecule has 28 heavy (non-hydrogen) atoms. The first-order valence-electron chi connectivity index (χ1n) is 9.11. The lowest BCUT2D eigenvalue weighted by molar-refractivity contribution is 0.102. The summed E-state index contributed by atoms with van der Waals surface area (Å²) in [4.78, 5) is 16.5. The first kappa shape index (κ1) is 17.8. The highest BCUT2D eigenvalue weighted by Gasteiger charge is 2.12. The van der Waals surface area contributed by atoms with Crippen molar-refractivity contribution in [1.82, 2.24) is 10.3 Å². The summed E-state index contributed by atoms with van der Waals surface area (Å²) in [6.07, 6.45) is 5.06. The van der Waals surface area contributed by atoms with E-state index in [0.717, 1.165) is 33.6 Å². The van der Waals surface area contributed by atoms with Gasteiger partial charge in [0.05, 0.1) is 5.70 Å². The Morgan fingerprint density at radius 2 is 1.82 bits per heavy atom. The number of aromatic nitrogens is 1. The number of carbonyl (C=O) groups is 1. The van der Waals surface area contributed by atoms with Crippen LogP contribution in [0.25, 0.3) is 16.8 Å². The maximum absolute atomic E-state index is 12.5. The van der Waals surface area contributed by atoms with E-state index in [2.05, 4.69) is 40.7 Å². The molecule has 1 aromatic heterocycles. The molecule has 0 atom stereocenters. The number of carbonyl (C=O) groups excluding carboxylic acids is 1. The third-order valence-corrected chi connectivity index (χ3v) is 4.81. The number of pyridine rings is 1. The van der Waals surface area contributed by atoms with E-state index in [-0.39, 0.29) is 5.91 Å². The van der Waals surface area contributed by atoms with E-state index in [9.17, 15) is 4.79 Å². The van der Waals surface area contributed by atoms with Gasteiger partial charge in [0.25, 0.3) is 5.91 Å². The highest BCUT2D eigenvalue weighted by Crippen LogP contribution is 2.28. The van der Waals surface area contributed by atoms with Crippen LogP contribution in [0.3, 0.4) is 0 Å². The number of ether oxygens (including phenoxy) is 1. The Balaban J connectivity index is 1.56. The van der Waals surface area contributed by atoms with E-state index in [1.54, 1.807) is 24.7 Å². The number of hydrogen-bond donors (Lipinski definition) is 2. The Morgan fingerprint density at radius 1 is 1.04 bits per heavy atom. The molecule has 0 bridgehead atoms. The van der Waals surface area contributed by atoms with Crippen molar-refractivity contribution in [2.24, 2.45) is 0 Å². The predicted octanol–water partition coefficient (Wildman–Crippen LogP) is 4.49. The lowest BCUT2D eigenvalue weighted by Crippen LogP contribution is -2.13. The van der Waals surface area contributed by atoms with Crippen LogP contribution in [-0.4, -0.2) is 17.6 Å². The van der Waals surface area contributed by atoms with Gasteiger partial charge < -0.3 is 15.4 Å². The summed E-state index contributed by atoms with van der Waals surface area (Å²) in [6.45, 7) is 4.47. The number of aryl methyl sites for hydroxylation is 2. The number of nitrogens with one attached hydrogen (secondary N) is 2. The van der Waals surface area contributed by atoms with Crippen LogP contribution < -0.4 is 10.6 Å². The average molecular weight is 371 g/mol. The van der Waals surface area contributed by atoms with Crippen LogP contribution in [0, 0.1) is 13.8 Å². The molecule has 0 unspecified atom stereocenters. The molecule has 5 heteroatoms. The number of rotatable bonds is 4. The molecular formula is C23H21N3O2. The lowest BCUT2D eigenvalue weighted by Gasteiger charge is -2.11. The fraction of sp³-hybridized carbons (Fsp3) is 0.130. The van der Waals surface area contributed by atoms with Crippen molar-refractivity contribution < 1.29 is 9.53 Å². The van der Waals surface area contributed by atoms with E-state index in [0.29, 0.717) is 12.3 Å². The standard InChI is InChI=1S/C23H21N3O2/c1-15-3-4-18(22-13-28-14-25-22)11-21(15)17-5-7-19(8-6-17)26-23(27)20-9-10-24-12-16(20)2/h3-13,25H,14H2,1-2H3,(H,26,27). The summed E-state index contributed by atoms with van der Waals surface area (Å²) in [6, 6.07) is 16.0. The van der Waals surface area contributed by atoms with Crippen LogP contribution in [0.5, 0.6) is 0 Å². The molecule has 1 aliphatic rings. The number of nitrogens with zero attached hydrogens (tertiary/aromatic N) is 1. The zero-order valence-corrected chi connectivity index (χ0v) is 15.8. The zero-order chi connectivity index (χ0) is 19.5. The molecule has 3 aromatic rings. The minimum Gasteiger partial charge on any atom is -0.479 e. The van der Waals surface area contributed by atoms with Gasteiger partial charge >= 0.3 is 0 Å². The minimum absolute atomic E-state index is 0.134. The van der Waals surface area contributed by atoms with Crippen LogP contribution in [0.1, 0.15) is 27.0 Å². The number of amides is 1. The largest absolute Gasteiger partial charge is 0.479 e. The van der Waals surface area contributed by atoms with Gasteiger partial charge in [-0.05, 0) is 60.4 Å². The minimum atomic E-state index is -0.134. The second kappa shape index (κ2) is 7.56. The van der Waals surface area contributed by atoms with E-state index in [1.807, 2.05) is 31.2 Å². The van der Waals surface area contributed by atoms with Crippen molar-refractivity contribution in [3.8, 4) is 11.1 Å². The highest BCUT2D eigenvalue weighted by molar-refractivity contribution is 6.05. The molecular weight excluding hydrogens is 350 g/mol. The average Bonchev–Trinajstić information content (AvgIpc) is 3.24. The van der Waals surface area contributed by atoms with E-state index >= 15 is 0 Å². The lowest BCUT2D eigenvalue weighted by atomic mass is 9.97. The van der Waals surface area contributed by atoms with E-state index in [1.165, 1.54) is 5.56 Å².